The summed E-state index contributed by atoms with van der Waals surface area (Å²) >= 11 is 0. The minimum absolute atomic E-state index is 0.00170. The molecule has 0 aromatic heterocycles. The van der Waals surface area contributed by atoms with Crippen LogP contribution in [0.1, 0.15) is 25.7 Å². The summed E-state index contributed by atoms with van der Waals surface area (Å²) in [5.74, 6) is 0.604. The van der Waals surface area contributed by atoms with Gasteiger partial charge < -0.3 is 20.4 Å². The van der Waals surface area contributed by atoms with Crippen LogP contribution in [0.15, 0.2) is 23.5 Å². The molecule has 1 amide bonds. The van der Waals surface area contributed by atoms with E-state index >= 15 is 0 Å². The van der Waals surface area contributed by atoms with E-state index in [0.717, 1.165) is 97.0 Å². The Bertz CT molecular complexity index is 724. The van der Waals surface area contributed by atoms with Gasteiger partial charge in [0.1, 0.15) is 18.0 Å². The molecule has 0 aliphatic carbocycles. The van der Waals surface area contributed by atoms with E-state index in [9.17, 15) is 15.3 Å². The van der Waals surface area contributed by atoms with Crippen LogP contribution in [0.3, 0.4) is 0 Å². The Morgan fingerprint density at radius 1 is 0.933 bits per heavy atom. The SMILES string of the molecule is N#CC(C#N)=C1N(CCCN2CC=CCC2)CCN1CCN1CCC(C(N)=O)CC1. The Hall–Kier alpha value is -2.55. The molecule has 0 bridgehead atoms. The van der Waals surface area contributed by atoms with Gasteiger partial charge in [0, 0.05) is 58.3 Å². The van der Waals surface area contributed by atoms with Gasteiger partial charge >= 0.3 is 0 Å². The average Bonchev–Trinajstić information content (AvgIpc) is 3.17. The molecule has 0 radical (unpaired) electrons. The van der Waals surface area contributed by atoms with Crippen LogP contribution < -0.4 is 5.73 Å². The molecule has 2 N–H and O–H groups in total. The van der Waals surface area contributed by atoms with Crippen LogP contribution in [-0.2, 0) is 4.79 Å². The lowest BCUT2D eigenvalue weighted by molar-refractivity contribution is -0.123. The van der Waals surface area contributed by atoms with Crippen LogP contribution in [0.5, 0.6) is 0 Å². The predicted molar refractivity (Wildman–Crippen MR) is 115 cm³/mol. The summed E-state index contributed by atoms with van der Waals surface area (Å²) in [6, 6.07) is 4.20. The number of nitrogens with zero attached hydrogens (tertiary/aromatic N) is 6. The van der Waals surface area contributed by atoms with Crippen LogP contribution in [0.4, 0.5) is 0 Å². The van der Waals surface area contributed by atoms with Gasteiger partial charge in [-0.25, -0.2) is 0 Å². The van der Waals surface area contributed by atoms with Crippen molar-refractivity contribution < 1.29 is 4.79 Å². The van der Waals surface area contributed by atoms with Crippen LogP contribution in [0.25, 0.3) is 0 Å². The van der Waals surface area contributed by atoms with Crippen molar-refractivity contribution in [1.82, 2.24) is 19.6 Å². The van der Waals surface area contributed by atoms with Gasteiger partial charge in [0.05, 0.1) is 0 Å². The number of nitrogens with two attached hydrogens (primary N) is 1. The number of hydrogen-bond donors (Lipinski definition) is 1. The standard InChI is InChI=1S/C22H33N7O/c23-17-20(18-24)22-28(10-4-9-26-7-2-1-3-8-26)15-16-29(22)14-13-27-11-5-19(6-12-27)21(25)30/h1-2,19H,3-16H2,(H2,25,30). The zero-order valence-electron chi connectivity index (χ0n) is 17.8. The van der Waals surface area contributed by atoms with E-state index in [1.807, 2.05) is 0 Å². The summed E-state index contributed by atoms with van der Waals surface area (Å²) < 4.78 is 0. The number of primary amides is 1. The molecule has 0 aromatic carbocycles. The smallest absolute Gasteiger partial charge is 0.220 e. The van der Waals surface area contributed by atoms with Crippen LogP contribution in [0.2, 0.25) is 0 Å². The summed E-state index contributed by atoms with van der Waals surface area (Å²) in [5.41, 5.74) is 5.64. The monoisotopic (exact) mass is 411 g/mol. The van der Waals surface area contributed by atoms with E-state index in [1.165, 1.54) is 0 Å². The van der Waals surface area contributed by atoms with Gasteiger partial charge in [0.25, 0.3) is 0 Å². The number of hydrogen-bond acceptors (Lipinski definition) is 7. The quantitative estimate of drug-likeness (QED) is 0.463. The Morgan fingerprint density at radius 2 is 1.63 bits per heavy atom. The molecule has 3 aliphatic rings. The third-order valence-electron chi connectivity index (χ3n) is 6.41. The van der Waals surface area contributed by atoms with Crippen molar-refractivity contribution in [3.05, 3.63) is 23.5 Å². The maximum Gasteiger partial charge on any atom is 0.220 e. The summed E-state index contributed by atoms with van der Waals surface area (Å²) in [6.07, 6.45) is 8.23. The number of carbonyl (C=O) groups excluding carboxylic acids is 1. The van der Waals surface area contributed by atoms with Crippen molar-refractivity contribution in [3.8, 4) is 12.1 Å². The highest BCUT2D eigenvalue weighted by Crippen LogP contribution is 2.23. The average molecular weight is 412 g/mol. The lowest BCUT2D eigenvalue weighted by Crippen LogP contribution is -2.42. The molecule has 2 saturated heterocycles. The molecule has 0 spiro atoms. The van der Waals surface area contributed by atoms with Gasteiger partial charge in [-0.3, -0.25) is 9.69 Å². The summed E-state index contributed by atoms with van der Waals surface area (Å²) in [5, 5.41) is 19.0. The van der Waals surface area contributed by atoms with Crippen LogP contribution in [-0.4, -0.2) is 91.0 Å². The van der Waals surface area contributed by atoms with Crippen molar-refractivity contribution in [2.45, 2.75) is 25.7 Å². The molecule has 8 nitrogen and oxygen atoms in total. The molecule has 3 rings (SSSR count). The number of rotatable bonds is 8. The second-order valence-electron chi connectivity index (χ2n) is 8.33. The minimum atomic E-state index is -0.191. The lowest BCUT2D eigenvalue weighted by atomic mass is 9.96. The Morgan fingerprint density at radius 3 is 2.23 bits per heavy atom. The maximum atomic E-state index is 11.4. The second kappa shape index (κ2) is 11.0. The minimum Gasteiger partial charge on any atom is -0.369 e. The lowest BCUT2D eigenvalue weighted by Gasteiger charge is -2.32. The zero-order chi connectivity index (χ0) is 21.3. The highest BCUT2D eigenvalue weighted by Gasteiger charge is 2.29. The molecule has 0 atom stereocenters. The largest absolute Gasteiger partial charge is 0.369 e. The van der Waals surface area contributed by atoms with Crippen molar-refractivity contribution in [2.75, 3.05) is 65.4 Å². The molecule has 3 heterocycles. The first-order valence-electron chi connectivity index (χ1n) is 11.1. The summed E-state index contributed by atoms with van der Waals surface area (Å²) in [7, 11) is 0. The van der Waals surface area contributed by atoms with Crippen molar-refractivity contribution in [1.29, 1.82) is 10.5 Å². The topological polar surface area (TPSA) is 104 Å². The molecule has 0 unspecified atom stereocenters. The van der Waals surface area contributed by atoms with E-state index in [-0.39, 0.29) is 17.4 Å². The van der Waals surface area contributed by atoms with Gasteiger partial charge in [-0.15, -0.1) is 0 Å². The maximum absolute atomic E-state index is 11.4. The third kappa shape index (κ3) is 5.75. The molecule has 8 heteroatoms. The molecule has 2 fully saturated rings. The van der Waals surface area contributed by atoms with Crippen molar-refractivity contribution in [3.63, 3.8) is 0 Å². The van der Waals surface area contributed by atoms with Gasteiger partial charge in [0.2, 0.25) is 5.91 Å². The highest BCUT2D eigenvalue weighted by molar-refractivity contribution is 5.76. The fourth-order valence-corrected chi connectivity index (χ4v) is 4.61. The van der Waals surface area contributed by atoms with E-state index < -0.39 is 0 Å². The van der Waals surface area contributed by atoms with E-state index in [1.54, 1.807) is 0 Å². The summed E-state index contributed by atoms with van der Waals surface area (Å²) in [4.78, 5) is 20.5. The molecule has 30 heavy (non-hydrogen) atoms. The highest BCUT2D eigenvalue weighted by atomic mass is 16.1. The molecule has 3 aliphatic heterocycles. The molecular weight excluding hydrogens is 378 g/mol. The van der Waals surface area contributed by atoms with Crippen molar-refractivity contribution >= 4 is 5.91 Å². The molecule has 0 aromatic rings. The van der Waals surface area contributed by atoms with Crippen LogP contribution >= 0.6 is 0 Å². The fourth-order valence-electron chi connectivity index (χ4n) is 4.61. The van der Waals surface area contributed by atoms with Crippen molar-refractivity contribution in [2.24, 2.45) is 11.7 Å². The fraction of sp³-hybridized carbons (Fsp3) is 0.682. The van der Waals surface area contributed by atoms with Gasteiger partial charge in [0.15, 0.2) is 5.57 Å². The zero-order valence-corrected chi connectivity index (χ0v) is 17.8. The molecular formula is C22H33N7O. The number of carbonyl (C=O) groups is 1. The first kappa shape index (κ1) is 22.1. The van der Waals surface area contributed by atoms with Gasteiger partial charge in [-0.2, -0.15) is 10.5 Å². The third-order valence-corrected chi connectivity index (χ3v) is 6.41. The first-order valence-corrected chi connectivity index (χ1v) is 11.1. The number of amides is 1. The molecule has 0 saturated carbocycles. The Kier molecular flexibility index (Phi) is 8.12. The number of likely N-dealkylation sites (tertiary alicyclic amines) is 1. The number of allylic oxidation sites excluding steroid dienone is 1. The van der Waals surface area contributed by atoms with E-state index in [2.05, 4.69) is 43.9 Å². The summed E-state index contributed by atoms with van der Waals surface area (Å²) in [6.45, 7) is 9.13. The molecule has 162 valence electrons. The normalized spacial score (nSPS) is 20.9. The number of nitriles is 2. The van der Waals surface area contributed by atoms with E-state index in [0.29, 0.717) is 0 Å². The van der Waals surface area contributed by atoms with Gasteiger partial charge in [-0.1, -0.05) is 12.2 Å². The van der Waals surface area contributed by atoms with Crippen LogP contribution in [0, 0.1) is 28.6 Å². The predicted octanol–water partition coefficient (Wildman–Crippen LogP) is 0.712. The van der Waals surface area contributed by atoms with Gasteiger partial charge in [-0.05, 0) is 38.8 Å². The number of piperidine rings is 1. The van der Waals surface area contributed by atoms with E-state index in [4.69, 9.17) is 5.73 Å². The Balaban J connectivity index is 1.52. The Labute approximate surface area is 179 Å². The second-order valence-corrected chi connectivity index (χ2v) is 8.33. The first-order chi connectivity index (χ1) is 14.6.